The summed E-state index contributed by atoms with van der Waals surface area (Å²) in [6, 6.07) is -1.28. The van der Waals surface area contributed by atoms with Gasteiger partial charge in [-0.05, 0) is 5.92 Å². The second kappa shape index (κ2) is 12.7. The van der Waals surface area contributed by atoms with Crippen LogP contribution in [0.5, 0.6) is 0 Å². The van der Waals surface area contributed by atoms with Gasteiger partial charge in [-0.15, -0.1) is 0 Å². The molecule has 2 fully saturated rings. The number of carbonyl (C=O) groups is 6. The largest absolute Gasteiger partial charge is 0.463 e. The van der Waals surface area contributed by atoms with Crippen molar-refractivity contribution >= 4 is 35.8 Å². The fraction of sp³-hybridized carbons (Fsp3) is 0.760. The Morgan fingerprint density at radius 1 is 1.00 bits per heavy atom. The van der Waals surface area contributed by atoms with Crippen LogP contribution in [0.3, 0.4) is 0 Å². The normalized spacial score (nSPS) is 30.0. The Labute approximate surface area is 225 Å². The van der Waals surface area contributed by atoms with Gasteiger partial charge in [-0.2, -0.15) is 0 Å². The number of amides is 1. The predicted molar refractivity (Wildman–Crippen MR) is 128 cm³/mol. The fourth-order valence-electron chi connectivity index (χ4n) is 5.10. The van der Waals surface area contributed by atoms with Gasteiger partial charge in [0, 0.05) is 47.5 Å². The number of esters is 5. The van der Waals surface area contributed by atoms with Gasteiger partial charge in [0.05, 0.1) is 12.6 Å². The standard InChI is InChI=1S/C25H37NO13/c1-12(2)24(33)8-9-34-23(32)25(24)10-18(36-15(5)29)20(26-13(3)27)22(39-25)21(38-17(7)31)19(37-16(6)30)11-35-14(4)28/h12,18-22,33H,8-11H2,1-7H3,(H,26,27)/t18-,19+,20+,21+,22+,24?,25+/m0/s1. The first-order valence-corrected chi connectivity index (χ1v) is 12.5. The summed E-state index contributed by atoms with van der Waals surface area (Å²) in [5.74, 6) is -5.37. The average Bonchev–Trinajstić information content (AvgIpc) is 2.79. The molecule has 1 amide bonds. The molecule has 1 unspecified atom stereocenters. The fourth-order valence-corrected chi connectivity index (χ4v) is 5.10. The van der Waals surface area contributed by atoms with Gasteiger partial charge in [-0.1, -0.05) is 13.8 Å². The van der Waals surface area contributed by atoms with Crippen molar-refractivity contribution in [3.63, 3.8) is 0 Å². The average molecular weight is 560 g/mol. The molecular weight excluding hydrogens is 522 g/mol. The first-order valence-electron chi connectivity index (χ1n) is 12.5. The van der Waals surface area contributed by atoms with Crippen molar-refractivity contribution in [2.75, 3.05) is 13.2 Å². The Kier molecular flexibility index (Phi) is 10.4. The van der Waals surface area contributed by atoms with Crippen LogP contribution in [0.1, 0.15) is 61.3 Å². The van der Waals surface area contributed by atoms with Gasteiger partial charge in [0.15, 0.2) is 17.8 Å². The molecule has 7 atom stereocenters. The molecule has 2 aliphatic rings. The van der Waals surface area contributed by atoms with Crippen molar-refractivity contribution < 1.29 is 62.3 Å². The van der Waals surface area contributed by atoms with Gasteiger partial charge in [0.2, 0.25) is 5.91 Å². The van der Waals surface area contributed by atoms with Crippen molar-refractivity contribution in [3.8, 4) is 0 Å². The van der Waals surface area contributed by atoms with Crippen LogP contribution in [-0.4, -0.2) is 95.7 Å². The van der Waals surface area contributed by atoms with Crippen molar-refractivity contribution in [1.82, 2.24) is 5.32 Å². The van der Waals surface area contributed by atoms with Crippen LogP contribution in [0.2, 0.25) is 0 Å². The highest BCUT2D eigenvalue weighted by Gasteiger charge is 2.68. The topological polar surface area (TPSA) is 190 Å². The molecule has 2 saturated heterocycles. The molecule has 0 aromatic rings. The minimum atomic E-state index is -2.15. The molecule has 39 heavy (non-hydrogen) atoms. The van der Waals surface area contributed by atoms with Crippen molar-refractivity contribution in [2.24, 2.45) is 5.92 Å². The Balaban J connectivity index is 2.80. The lowest BCUT2D eigenvalue weighted by atomic mass is 9.66. The highest BCUT2D eigenvalue weighted by atomic mass is 16.6. The lowest BCUT2D eigenvalue weighted by Crippen LogP contribution is -2.76. The summed E-state index contributed by atoms with van der Waals surface area (Å²) in [7, 11) is 0. The van der Waals surface area contributed by atoms with E-state index >= 15 is 0 Å². The Bertz CT molecular complexity index is 981. The SMILES string of the molecule is CC(=O)N[C@H]1[C@H]([C@H](OC(C)=O)[C@@H](COC(C)=O)OC(C)=O)O[C@]2(C[C@@H]1OC(C)=O)C(=O)OCCC2(O)C(C)C. The number of rotatable bonds is 9. The van der Waals surface area contributed by atoms with Gasteiger partial charge in [-0.25, -0.2) is 4.79 Å². The van der Waals surface area contributed by atoms with Crippen LogP contribution in [0.15, 0.2) is 0 Å². The zero-order valence-corrected chi connectivity index (χ0v) is 23.1. The zero-order valence-electron chi connectivity index (χ0n) is 23.1. The van der Waals surface area contributed by atoms with Crippen LogP contribution < -0.4 is 5.32 Å². The summed E-state index contributed by atoms with van der Waals surface area (Å²) in [6.45, 7) is 8.12. The summed E-state index contributed by atoms with van der Waals surface area (Å²) in [5, 5.41) is 14.4. The first kappa shape index (κ1) is 32.0. The van der Waals surface area contributed by atoms with Crippen LogP contribution in [0.4, 0.5) is 0 Å². The van der Waals surface area contributed by atoms with E-state index < -0.39 is 96.4 Å². The molecule has 0 bridgehead atoms. The van der Waals surface area contributed by atoms with Crippen LogP contribution in [0.25, 0.3) is 0 Å². The van der Waals surface area contributed by atoms with Crippen molar-refractivity contribution in [1.29, 1.82) is 0 Å². The van der Waals surface area contributed by atoms with Gasteiger partial charge < -0.3 is 38.8 Å². The Hall–Kier alpha value is -3.26. The molecule has 0 saturated carbocycles. The molecule has 2 aliphatic heterocycles. The first-order chi connectivity index (χ1) is 18.0. The highest BCUT2D eigenvalue weighted by molar-refractivity contribution is 5.83. The molecule has 14 heteroatoms. The summed E-state index contributed by atoms with van der Waals surface area (Å²) in [5.41, 5.74) is -4.01. The maximum absolute atomic E-state index is 13.4. The number of nitrogens with one attached hydrogen (secondary N) is 1. The van der Waals surface area contributed by atoms with E-state index in [1.807, 2.05) is 0 Å². The minimum Gasteiger partial charge on any atom is -0.463 e. The number of aliphatic hydroxyl groups is 1. The van der Waals surface area contributed by atoms with Gasteiger partial charge >= 0.3 is 29.8 Å². The van der Waals surface area contributed by atoms with E-state index in [4.69, 9.17) is 28.4 Å². The van der Waals surface area contributed by atoms with E-state index in [0.29, 0.717) is 0 Å². The smallest absolute Gasteiger partial charge is 0.341 e. The minimum absolute atomic E-state index is 0.0419. The third-order valence-electron chi connectivity index (χ3n) is 6.73. The van der Waals surface area contributed by atoms with E-state index in [9.17, 15) is 33.9 Å². The monoisotopic (exact) mass is 559 g/mol. The maximum atomic E-state index is 13.4. The molecule has 1 spiro atoms. The molecule has 2 heterocycles. The van der Waals surface area contributed by atoms with Crippen LogP contribution >= 0.6 is 0 Å². The van der Waals surface area contributed by atoms with Gasteiger partial charge in [-0.3, -0.25) is 24.0 Å². The molecule has 0 aromatic carbocycles. The lowest BCUT2D eigenvalue weighted by molar-refractivity contribution is -0.301. The number of hydrogen-bond acceptors (Lipinski definition) is 13. The quantitative estimate of drug-likeness (QED) is 0.277. The van der Waals surface area contributed by atoms with E-state index in [1.54, 1.807) is 13.8 Å². The van der Waals surface area contributed by atoms with Crippen molar-refractivity contribution in [3.05, 3.63) is 0 Å². The third-order valence-corrected chi connectivity index (χ3v) is 6.73. The van der Waals surface area contributed by atoms with Crippen LogP contribution in [-0.2, 0) is 57.2 Å². The maximum Gasteiger partial charge on any atom is 0.341 e. The highest BCUT2D eigenvalue weighted by Crippen LogP contribution is 2.48. The Morgan fingerprint density at radius 3 is 2.10 bits per heavy atom. The second-order valence-electron chi connectivity index (χ2n) is 9.98. The molecule has 0 aliphatic carbocycles. The molecule has 0 aromatic heterocycles. The zero-order chi connectivity index (χ0) is 29.7. The second-order valence-corrected chi connectivity index (χ2v) is 9.98. The van der Waals surface area contributed by atoms with E-state index in [1.165, 1.54) is 6.92 Å². The molecule has 220 valence electrons. The van der Waals surface area contributed by atoms with Gasteiger partial charge in [0.25, 0.3) is 0 Å². The lowest BCUT2D eigenvalue weighted by Gasteiger charge is -2.56. The van der Waals surface area contributed by atoms with E-state index in [2.05, 4.69) is 5.32 Å². The summed E-state index contributed by atoms with van der Waals surface area (Å²) < 4.78 is 33.0. The summed E-state index contributed by atoms with van der Waals surface area (Å²) in [4.78, 5) is 73.6. The van der Waals surface area contributed by atoms with E-state index in [0.717, 1.165) is 27.7 Å². The molecule has 0 radical (unpaired) electrons. The Morgan fingerprint density at radius 2 is 1.62 bits per heavy atom. The number of hydrogen-bond donors (Lipinski definition) is 2. The number of ether oxygens (including phenoxy) is 6. The summed E-state index contributed by atoms with van der Waals surface area (Å²) >= 11 is 0. The third kappa shape index (κ3) is 7.24. The van der Waals surface area contributed by atoms with Gasteiger partial charge in [0.1, 0.15) is 24.4 Å². The molecule has 14 nitrogen and oxygen atoms in total. The van der Waals surface area contributed by atoms with Crippen molar-refractivity contribution in [2.45, 2.75) is 103 Å². The number of carbonyl (C=O) groups excluding carboxylic acids is 6. The molecule has 2 rings (SSSR count). The van der Waals surface area contributed by atoms with Crippen LogP contribution in [0, 0.1) is 5.92 Å². The molecule has 2 N–H and O–H groups in total. The van der Waals surface area contributed by atoms with E-state index in [-0.39, 0.29) is 13.0 Å². The number of cyclic esters (lactones) is 1. The summed E-state index contributed by atoms with van der Waals surface area (Å²) in [6.07, 6.45) is -6.45. The molecular formula is C25H37NO13. The predicted octanol–water partition coefficient (Wildman–Crippen LogP) is -0.289.